The summed E-state index contributed by atoms with van der Waals surface area (Å²) >= 11 is 0. The van der Waals surface area contributed by atoms with E-state index in [9.17, 15) is 0 Å². The SMILES string of the molecule is Cc1ccccc1-c1ccccc1.c1ccc(-c2cccc(-c3c4c(c(-c5cccc(-c6ccccc6)c5)c5c(-c6ccccc6-c6ccccc6)c6ccccc6cc35)-c3ccc5c6c(ccc-4c36)-c3cc4ccccc4cc3-5)c2)cc1. The van der Waals surface area contributed by atoms with Crippen molar-refractivity contribution in [3.05, 3.63) is 315 Å². The monoisotopic (exact) mass is 1050 g/mol. The second-order valence-corrected chi connectivity index (χ2v) is 22.2. The zero-order valence-electron chi connectivity index (χ0n) is 45.9. The first kappa shape index (κ1) is 48.3. The number of hydrogen-bond donors (Lipinski definition) is 0. The van der Waals surface area contributed by atoms with E-state index in [4.69, 9.17) is 0 Å². The van der Waals surface area contributed by atoms with Crippen molar-refractivity contribution in [3.63, 3.8) is 0 Å². The fourth-order valence-corrected chi connectivity index (χ4v) is 13.8. The zero-order valence-corrected chi connectivity index (χ0v) is 45.9. The predicted molar refractivity (Wildman–Crippen MR) is 355 cm³/mol. The van der Waals surface area contributed by atoms with Gasteiger partial charge in [-0.15, -0.1) is 0 Å². The summed E-state index contributed by atoms with van der Waals surface area (Å²) < 4.78 is 0. The minimum Gasteiger partial charge on any atom is -0.0622 e. The lowest BCUT2D eigenvalue weighted by atomic mass is 9.77. The number of fused-ring (bicyclic) bond motifs is 9. The van der Waals surface area contributed by atoms with Gasteiger partial charge in [-0.25, -0.2) is 0 Å². The molecule has 0 nitrogen and oxygen atoms in total. The second kappa shape index (κ2) is 19.9. The normalized spacial score (nSPS) is 11.7. The van der Waals surface area contributed by atoms with Gasteiger partial charge in [0.15, 0.2) is 0 Å². The van der Waals surface area contributed by atoms with Crippen molar-refractivity contribution in [2.24, 2.45) is 0 Å². The molecule has 17 rings (SSSR count). The van der Waals surface area contributed by atoms with Crippen LogP contribution in [0.15, 0.2) is 309 Å². The summed E-state index contributed by atoms with van der Waals surface area (Å²) in [5.74, 6) is 0. The number of aryl methyl sites for hydroxylation is 1. The van der Waals surface area contributed by atoms with Crippen LogP contribution in [0.3, 0.4) is 0 Å². The van der Waals surface area contributed by atoms with Gasteiger partial charge in [-0.2, -0.15) is 0 Å². The summed E-state index contributed by atoms with van der Waals surface area (Å²) in [7, 11) is 0. The smallest absolute Gasteiger partial charge is 0.000717 e. The second-order valence-electron chi connectivity index (χ2n) is 22.2. The fraction of sp³-hybridized carbons (Fsp3) is 0.0120. The Morgan fingerprint density at radius 3 is 1.13 bits per heavy atom. The maximum Gasteiger partial charge on any atom is -0.000717 e. The molecule has 0 saturated carbocycles. The Labute approximate surface area is 484 Å². The van der Waals surface area contributed by atoms with Gasteiger partial charge in [-0.1, -0.05) is 279 Å². The van der Waals surface area contributed by atoms with E-state index in [1.54, 1.807) is 0 Å². The van der Waals surface area contributed by atoms with Crippen LogP contribution in [-0.2, 0) is 0 Å². The first-order chi connectivity index (χ1) is 41.1. The molecule has 0 saturated heterocycles. The van der Waals surface area contributed by atoms with Crippen molar-refractivity contribution >= 4 is 43.1 Å². The highest BCUT2D eigenvalue weighted by atomic mass is 14.4. The Balaban J connectivity index is 0.000000384. The van der Waals surface area contributed by atoms with E-state index in [0.29, 0.717) is 0 Å². The molecule has 0 unspecified atom stereocenters. The van der Waals surface area contributed by atoms with Crippen molar-refractivity contribution in [3.8, 4) is 122 Å². The average molecular weight is 1050 g/mol. The van der Waals surface area contributed by atoms with Crippen LogP contribution in [0.2, 0.25) is 0 Å². The van der Waals surface area contributed by atoms with Crippen LogP contribution in [0.5, 0.6) is 0 Å². The Kier molecular flexibility index (Phi) is 11.5. The molecule has 0 fully saturated rings. The number of hydrogen-bond acceptors (Lipinski definition) is 0. The van der Waals surface area contributed by atoms with Gasteiger partial charge in [0.05, 0.1) is 0 Å². The minimum absolute atomic E-state index is 1.20. The van der Waals surface area contributed by atoms with Gasteiger partial charge in [0.25, 0.3) is 0 Å². The zero-order chi connectivity index (χ0) is 55.0. The molecular formula is C83H54. The maximum absolute atomic E-state index is 2.51. The van der Waals surface area contributed by atoms with Gasteiger partial charge in [0, 0.05) is 0 Å². The first-order valence-electron chi connectivity index (χ1n) is 28.9. The summed E-state index contributed by atoms with van der Waals surface area (Å²) in [5, 5.41) is 10.2. The number of rotatable bonds is 7. The minimum atomic E-state index is 1.20. The number of benzene rings is 15. The van der Waals surface area contributed by atoms with Crippen LogP contribution in [0.25, 0.3) is 165 Å². The van der Waals surface area contributed by atoms with E-state index >= 15 is 0 Å². The highest BCUT2D eigenvalue weighted by molar-refractivity contribution is 6.35. The summed E-state index contributed by atoms with van der Waals surface area (Å²) in [6.45, 7) is 2.14. The van der Waals surface area contributed by atoms with Gasteiger partial charge in [-0.3, -0.25) is 0 Å². The fourth-order valence-electron chi connectivity index (χ4n) is 13.8. The summed E-state index contributed by atoms with van der Waals surface area (Å²) in [6.07, 6.45) is 0. The van der Waals surface area contributed by atoms with Crippen LogP contribution in [0.1, 0.15) is 5.56 Å². The summed E-state index contributed by atoms with van der Waals surface area (Å²) in [6, 6.07) is 114. The van der Waals surface area contributed by atoms with Gasteiger partial charge < -0.3 is 0 Å². The molecule has 0 radical (unpaired) electrons. The average Bonchev–Trinajstić information content (AvgIpc) is 1.64. The maximum atomic E-state index is 2.51. The molecule has 83 heavy (non-hydrogen) atoms. The Morgan fingerprint density at radius 1 is 0.169 bits per heavy atom. The molecule has 0 amide bonds. The van der Waals surface area contributed by atoms with Crippen LogP contribution in [-0.4, -0.2) is 0 Å². The molecule has 0 atom stereocenters. The molecule has 0 N–H and O–H groups in total. The van der Waals surface area contributed by atoms with Gasteiger partial charge in [0.2, 0.25) is 0 Å². The molecule has 0 bridgehead atoms. The lowest BCUT2D eigenvalue weighted by molar-refractivity contribution is 1.46. The van der Waals surface area contributed by atoms with Crippen LogP contribution in [0.4, 0.5) is 0 Å². The van der Waals surface area contributed by atoms with E-state index in [2.05, 4.69) is 310 Å². The van der Waals surface area contributed by atoms with E-state index in [1.807, 2.05) is 6.07 Å². The van der Waals surface area contributed by atoms with Crippen LogP contribution >= 0.6 is 0 Å². The Hall–Kier alpha value is -10.7. The molecular weight excluding hydrogens is 997 g/mol. The third-order valence-electron chi connectivity index (χ3n) is 17.5. The van der Waals surface area contributed by atoms with Crippen molar-refractivity contribution in [1.29, 1.82) is 0 Å². The molecule has 0 aliphatic heterocycles. The standard InChI is InChI=1S/C70H42.C13H12/c1-4-18-43(19-5-1)46-27-16-29-51(38-46)63-62-42-50-26-12-13-32-54(50)65(55-33-15-14-31-53(55)45-22-8-3-9-23-45)70(62)64(52-30-17-28-47(39-52)44-20-6-2-7-21-44)69-59-37-35-57-61-41-49-25-11-10-24-48(49)40-60(61)56-34-36-58(68(63)69)67(59)66(56)57;1-11-7-5-6-10-13(11)12-8-3-2-4-9-12/h1-42H;2-10H,1H3. The van der Waals surface area contributed by atoms with Gasteiger partial charge in [-0.05, 0) is 208 Å². The van der Waals surface area contributed by atoms with Gasteiger partial charge >= 0.3 is 0 Å². The highest BCUT2D eigenvalue weighted by Gasteiger charge is 2.36. The third-order valence-corrected chi connectivity index (χ3v) is 17.5. The van der Waals surface area contributed by atoms with Crippen molar-refractivity contribution in [2.45, 2.75) is 6.92 Å². The molecule has 0 spiro atoms. The van der Waals surface area contributed by atoms with Crippen molar-refractivity contribution in [1.82, 2.24) is 0 Å². The predicted octanol–water partition coefficient (Wildman–Crippen LogP) is 23.3. The molecule has 15 aromatic rings. The van der Waals surface area contributed by atoms with Crippen LogP contribution in [0, 0.1) is 6.92 Å². The van der Waals surface area contributed by atoms with E-state index in [0.717, 1.165) is 0 Å². The molecule has 0 aromatic heterocycles. The third kappa shape index (κ3) is 7.98. The topological polar surface area (TPSA) is 0 Å². The quantitative estimate of drug-likeness (QED) is 0.140. The van der Waals surface area contributed by atoms with Gasteiger partial charge in [0.1, 0.15) is 0 Å². The molecule has 0 heteroatoms. The summed E-state index contributed by atoms with van der Waals surface area (Å²) in [5.41, 5.74) is 29.0. The van der Waals surface area contributed by atoms with Crippen molar-refractivity contribution < 1.29 is 0 Å². The first-order valence-corrected chi connectivity index (χ1v) is 28.9. The van der Waals surface area contributed by atoms with Crippen LogP contribution < -0.4 is 0 Å². The molecule has 386 valence electrons. The molecule has 0 heterocycles. The highest BCUT2D eigenvalue weighted by Crippen LogP contribution is 2.63. The Bertz CT molecular complexity index is 5000. The lowest BCUT2D eigenvalue weighted by Gasteiger charge is -2.25. The molecule has 2 aliphatic carbocycles. The largest absolute Gasteiger partial charge is 0.0622 e. The van der Waals surface area contributed by atoms with E-state index in [-0.39, 0.29) is 0 Å². The lowest BCUT2D eigenvalue weighted by Crippen LogP contribution is -1.98. The molecule has 2 aliphatic rings. The molecule has 15 aromatic carbocycles. The van der Waals surface area contributed by atoms with E-state index in [1.165, 1.54) is 171 Å². The summed E-state index contributed by atoms with van der Waals surface area (Å²) in [4.78, 5) is 0. The van der Waals surface area contributed by atoms with Crippen molar-refractivity contribution in [2.75, 3.05) is 0 Å². The van der Waals surface area contributed by atoms with E-state index < -0.39 is 0 Å². The Morgan fingerprint density at radius 2 is 0.566 bits per heavy atom.